The van der Waals surface area contributed by atoms with Crippen LogP contribution >= 0.6 is 0 Å². The Morgan fingerprint density at radius 2 is 1.70 bits per heavy atom. The molecule has 2 aromatic rings. The summed E-state index contributed by atoms with van der Waals surface area (Å²) in [6.45, 7) is 3.71. The van der Waals surface area contributed by atoms with Crippen molar-refractivity contribution in [2.75, 3.05) is 5.32 Å². The number of carbonyl (C=O) groups is 2. The van der Waals surface area contributed by atoms with Crippen LogP contribution < -0.4 is 10.8 Å². The van der Waals surface area contributed by atoms with Gasteiger partial charge in [-0.25, -0.2) is 10.3 Å². The zero-order valence-corrected chi connectivity index (χ0v) is 15.0. The van der Waals surface area contributed by atoms with Crippen LogP contribution in [0.4, 0.5) is 10.5 Å². The standard InChI is InChI=1S/C20H22N2O5/c1-13-3-8-16(9-4-13)21-20(25)27-19(14(2)5-12-18(24)22-26)15-6-10-17(23)11-7-15/h3-12,14,19,23,26H,1-2H3,(H,21,25)(H,22,24)/b12-5+/t14-,19-/m0/s1. The maximum atomic E-state index is 12.3. The summed E-state index contributed by atoms with van der Waals surface area (Å²) in [5.74, 6) is -0.976. The highest BCUT2D eigenvalue weighted by Gasteiger charge is 2.22. The summed E-state index contributed by atoms with van der Waals surface area (Å²) in [5.41, 5.74) is 3.81. The molecule has 2 atom stereocenters. The van der Waals surface area contributed by atoms with Gasteiger partial charge in [0.1, 0.15) is 11.9 Å². The average Bonchev–Trinajstić information content (AvgIpc) is 2.66. The van der Waals surface area contributed by atoms with Gasteiger partial charge in [-0.15, -0.1) is 0 Å². The van der Waals surface area contributed by atoms with E-state index in [-0.39, 0.29) is 11.7 Å². The van der Waals surface area contributed by atoms with Crippen molar-refractivity contribution in [1.82, 2.24) is 5.48 Å². The fraction of sp³-hybridized carbons (Fsp3) is 0.200. The summed E-state index contributed by atoms with van der Waals surface area (Å²) in [4.78, 5) is 23.5. The van der Waals surface area contributed by atoms with Crippen molar-refractivity contribution in [3.05, 3.63) is 71.8 Å². The first kappa shape index (κ1) is 20.0. The van der Waals surface area contributed by atoms with Gasteiger partial charge in [0.25, 0.3) is 5.91 Å². The van der Waals surface area contributed by atoms with Crippen molar-refractivity contribution in [2.45, 2.75) is 20.0 Å². The predicted molar refractivity (Wildman–Crippen MR) is 100 cm³/mol. The molecule has 0 unspecified atom stereocenters. The Morgan fingerprint density at radius 3 is 2.30 bits per heavy atom. The Labute approximate surface area is 157 Å². The molecule has 0 heterocycles. The molecule has 0 saturated heterocycles. The molecule has 142 valence electrons. The lowest BCUT2D eigenvalue weighted by molar-refractivity contribution is -0.124. The molecule has 0 bridgehead atoms. The normalized spacial score (nSPS) is 13.0. The first-order chi connectivity index (χ1) is 12.9. The van der Waals surface area contributed by atoms with Gasteiger partial charge in [0.05, 0.1) is 0 Å². The smallest absolute Gasteiger partial charge is 0.412 e. The maximum absolute atomic E-state index is 12.3. The van der Waals surface area contributed by atoms with Gasteiger partial charge in [-0.05, 0) is 36.8 Å². The third kappa shape index (κ3) is 6.16. The number of hydrogen-bond acceptors (Lipinski definition) is 5. The number of nitrogens with one attached hydrogen (secondary N) is 2. The highest BCUT2D eigenvalue weighted by atomic mass is 16.6. The number of benzene rings is 2. The number of anilines is 1. The quantitative estimate of drug-likeness (QED) is 0.352. The lowest BCUT2D eigenvalue weighted by atomic mass is 9.96. The van der Waals surface area contributed by atoms with Gasteiger partial charge in [0.15, 0.2) is 0 Å². The van der Waals surface area contributed by atoms with Crippen LogP contribution in [-0.4, -0.2) is 22.3 Å². The third-order valence-corrected chi connectivity index (χ3v) is 3.89. The van der Waals surface area contributed by atoms with Crippen molar-refractivity contribution in [3.63, 3.8) is 0 Å². The van der Waals surface area contributed by atoms with Gasteiger partial charge >= 0.3 is 6.09 Å². The number of phenols is 1. The van der Waals surface area contributed by atoms with Gasteiger partial charge in [-0.1, -0.05) is 42.8 Å². The number of carbonyl (C=O) groups excluding carboxylic acids is 2. The topological polar surface area (TPSA) is 108 Å². The fourth-order valence-electron chi connectivity index (χ4n) is 2.42. The highest BCUT2D eigenvalue weighted by Crippen LogP contribution is 2.29. The fourth-order valence-corrected chi connectivity index (χ4v) is 2.42. The van der Waals surface area contributed by atoms with E-state index in [9.17, 15) is 14.7 Å². The largest absolute Gasteiger partial charge is 0.508 e. The van der Waals surface area contributed by atoms with E-state index < -0.39 is 18.1 Å². The summed E-state index contributed by atoms with van der Waals surface area (Å²) in [7, 11) is 0. The number of ether oxygens (including phenoxy) is 1. The number of hydrogen-bond donors (Lipinski definition) is 4. The Morgan fingerprint density at radius 1 is 1.07 bits per heavy atom. The molecular weight excluding hydrogens is 348 g/mol. The average molecular weight is 370 g/mol. The van der Waals surface area contributed by atoms with E-state index in [2.05, 4.69) is 5.32 Å². The first-order valence-electron chi connectivity index (χ1n) is 8.34. The molecular formula is C20H22N2O5. The number of rotatable bonds is 6. The van der Waals surface area contributed by atoms with Gasteiger partial charge in [0.2, 0.25) is 0 Å². The number of aryl methyl sites for hydroxylation is 1. The van der Waals surface area contributed by atoms with Crippen LogP contribution in [0.5, 0.6) is 5.75 Å². The summed E-state index contributed by atoms with van der Waals surface area (Å²) >= 11 is 0. The van der Waals surface area contributed by atoms with E-state index in [1.165, 1.54) is 23.7 Å². The molecule has 0 aliphatic rings. The molecule has 7 heteroatoms. The van der Waals surface area contributed by atoms with E-state index >= 15 is 0 Å². The molecule has 0 saturated carbocycles. The van der Waals surface area contributed by atoms with Crippen LogP contribution in [0.25, 0.3) is 0 Å². The second kappa shape index (κ2) is 9.40. The van der Waals surface area contributed by atoms with Gasteiger partial charge in [-0.2, -0.15) is 0 Å². The van der Waals surface area contributed by atoms with Crippen LogP contribution in [0.15, 0.2) is 60.7 Å². The Hall–Kier alpha value is -3.32. The van der Waals surface area contributed by atoms with Crippen LogP contribution in [0.2, 0.25) is 0 Å². The minimum Gasteiger partial charge on any atom is -0.508 e. The molecule has 0 aliphatic carbocycles. The van der Waals surface area contributed by atoms with Crippen LogP contribution in [-0.2, 0) is 9.53 Å². The molecule has 2 amide bonds. The molecule has 0 fully saturated rings. The summed E-state index contributed by atoms with van der Waals surface area (Å²) in [5, 5.41) is 20.7. The number of amides is 2. The van der Waals surface area contributed by atoms with E-state index in [1.54, 1.807) is 31.2 Å². The lowest BCUT2D eigenvalue weighted by Gasteiger charge is -2.23. The second-order valence-electron chi connectivity index (χ2n) is 6.10. The zero-order chi connectivity index (χ0) is 19.8. The van der Waals surface area contributed by atoms with Crippen molar-refractivity contribution in [2.24, 2.45) is 5.92 Å². The van der Waals surface area contributed by atoms with E-state index in [0.29, 0.717) is 11.3 Å². The van der Waals surface area contributed by atoms with Gasteiger partial charge in [0, 0.05) is 17.7 Å². The Balaban J connectivity index is 2.16. The van der Waals surface area contributed by atoms with Crippen molar-refractivity contribution >= 4 is 17.7 Å². The minimum absolute atomic E-state index is 0.0875. The molecule has 2 rings (SSSR count). The molecule has 7 nitrogen and oxygen atoms in total. The number of phenolic OH excluding ortho intramolecular Hbond substituents is 1. The van der Waals surface area contributed by atoms with Crippen LogP contribution in [0, 0.1) is 12.8 Å². The van der Waals surface area contributed by atoms with Crippen molar-refractivity contribution in [1.29, 1.82) is 0 Å². The molecule has 4 N–H and O–H groups in total. The Kier molecular flexibility index (Phi) is 6.96. The highest BCUT2D eigenvalue weighted by molar-refractivity contribution is 5.86. The SMILES string of the molecule is Cc1ccc(NC(=O)O[C@H](c2ccc(O)cc2)[C@@H](C)/C=C/C(=O)NO)cc1. The summed E-state index contributed by atoms with van der Waals surface area (Å²) < 4.78 is 5.56. The van der Waals surface area contributed by atoms with Crippen molar-refractivity contribution in [3.8, 4) is 5.75 Å². The molecule has 0 aliphatic heterocycles. The third-order valence-electron chi connectivity index (χ3n) is 3.89. The molecule has 2 aromatic carbocycles. The van der Waals surface area contributed by atoms with E-state index in [1.807, 2.05) is 19.1 Å². The predicted octanol–water partition coefficient (Wildman–Crippen LogP) is 3.69. The first-order valence-corrected chi connectivity index (χ1v) is 8.34. The van der Waals surface area contributed by atoms with Gasteiger partial charge < -0.3 is 9.84 Å². The van der Waals surface area contributed by atoms with Crippen LogP contribution in [0.1, 0.15) is 24.2 Å². The molecule has 27 heavy (non-hydrogen) atoms. The van der Waals surface area contributed by atoms with E-state index in [0.717, 1.165) is 11.6 Å². The number of hydroxylamine groups is 1. The zero-order valence-electron chi connectivity index (χ0n) is 15.0. The molecule has 0 spiro atoms. The summed E-state index contributed by atoms with van der Waals surface area (Å²) in [6, 6.07) is 13.5. The maximum Gasteiger partial charge on any atom is 0.412 e. The van der Waals surface area contributed by atoms with E-state index in [4.69, 9.17) is 9.94 Å². The Bertz CT molecular complexity index is 800. The lowest BCUT2D eigenvalue weighted by Crippen LogP contribution is -2.22. The molecule has 0 aromatic heterocycles. The number of aromatic hydroxyl groups is 1. The monoisotopic (exact) mass is 370 g/mol. The summed E-state index contributed by atoms with van der Waals surface area (Å²) in [6.07, 6.45) is 1.31. The molecule has 0 radical (unpaired) electrons. The van der Waals surface area contributed by atoms with Crippen molar-refractivity contribution < 1.29 is 24.6 Å². The minimum atomic E-state index is -0.709. The van der Waals surface area contributed by atoms with Crippen LogP contribution in [0.3, 0.4) is 0 Å². The second-order valence-corrected chi connectivity index (χ2v) is 6.10. The van der Waals surface area contributed by atoms with Gasteiger partial charge in [-0.3, -0.25) is 15.3 Å².